The summed E-state index contributed by atoms with van der Waals surface area (Å²) in [6, 6.07) is 1.59. The fraction of sp³-hybridized carbons (Fsp3) is 1.00. The van der Waals surface area contributed by atoms with Crippen LogP contribution in [-0.2, 0) is 0 Å². The lowest BCUT2D eigenvalue weighted by atomic mass is 9.72. The summed E-state index contributed by atoms with van der Waals surface area (Å²) in [5.74, 6) is 2.60. The molecule has 0 aromatic rings. The van der Waals surface area contributed by atoms with Crippen LogP contribution in [0.1, 0.15) is 72.1 Å². The summed E-state index contributed by atoms with van der Waals surface area (Å²) in [7, 11) is 2.39. The zero-order chi connectivity index (χ0) is 15.2. The van der Waals surface area contributed by atoms with Crippen LogP contribution in [0, 0.1) is 17.8 Å². The molecule has 0 spiro atoms. The maximum atomic E-state index is 3.79. The van der Waals surface area contributed by atoms with E-state index in [2.05, 4.69) is 38.0 Å². The van der Waals surface area contributed by atoms with Crippen molar-refractivity contribution in [3.8, 4) is 0 Å². The molecule has 4 unspecified atom stereocenters. The van der Waals surface area contributed by atoms with Gasteiger partial charge < -0.3 is 10.2 Å². The Kier molecular flexibility index (Phi) is 7.01. The predicted molar refractivity (Wildman–Crippen MR) is 92.6 cm³/mol. The molecule has 0 saturated heterocycles. The molecule has 1 N–H and O–H groups in total. The highest BCUT2D eigenvalue weighted by Crippen LogP contribution is 2.35. The monoisotopic (exact) mass is 294 g/mol. The molecule has 0 aromatic carbocycles. The molecule has 0 bridgehead atoms. The summed E-state index contributed by atoms with van der Waals surface area (Å²) in [5.41, 5.74) is 0. The van der Waals surface area contributed by atoms with Gasteiger partial charge in [0.15, 0.2) is 0 Å². The molecule has 2 heteroatoms. The van der Waals surface area contributed by atoms with E-state index in [1.54, 1.807) is 0 Å². The first kappa shape index (κ1) is 17.3. The third-order valence-electron chi connectivity index (χ3n) is 6.09. The molecule has 0 aromatic heterocycles. The van der Waals surface area contributed by atoms with Crippen LogP contribution in [0.15, 0.2) is 0 Å². The van der Waals surface area contributed by atoms with Gasteiger partial charge in [0.2, 0.25) is 0 Å². The van der Waals surface area contributed by atoms with Crippen LogP contribution in [0.2, 0.25) is 0 Å². The SMILES string of the molecule is CCNC1CC(C)CC(C)C1CN(C)C1CCCCCC1. The molecule has 0 heterocycles. The van der Waals surface area contributed by atoms with E-state index in [1.807, 2.05) is 0 Å². The molecular formula is C19H38N2. The maximum Gasteiger partial charge on any atom is 0.0112 e. The summed E-state index contributed by atoms with van der Waals surface area (Å²) in [5, 5.41) is 3.79. The molecular weight excluding hydrogens is 256 g/mol. The minimum Gasteiger partial charge on any atom is -0.314 e. The summed E-state index contributed by atoms with van der Waals surface area (Å²) in [6.07, 6.45) is 11.5. The van der Waals surface area contributed by atoms with Crippen molar-refractivity contribution < 1.29 is 0 Å². The molecule has 0 amide bonds. The Balaban J connectivity index is 1.93. The first-order chi connectivity index (χ1) is 10.1. The minimum atomic E-state index is 0.738. The molecule has 124 valence electrons. The van der Waals surface area contributed by atoms with E-state index >= 15 is 0 Å². The summed E-state index contributed by atoms with van der Waals surface area (Å²) >= 11 is 0. The maximum absolute atomic E-state index is 3.79. The van der Waals surface area contributed by atoms with Crippen LogP contribution in [0.25, 0.3) is 0 Å². The van der Waals surface area contributed by atoms with Crippen molar-refractivity contribution in [3.05, 3.63) is 0 Å². The second kappa shape index (κ2) is 8.53. The zero-order valence-corrected chi connectivity index (χ0v) is 14.9. The van der Waals surface area contributed by atoms with E-state index in [1.165, 1.54) is 57.9 Å². The normalized spacial score (nSPS) is 35.9. The highest BCUT2D eigenvalue weighted by atomic mass is 15.1. The molecule has 2 rings (SSSR count). The van der Waals surface area contributed by atoms with E-state index in [-0.39, 0.29) is 0 Å². The zero-order valence-electron chi connectivity index (χ0n) is 14.9. The first-order valence-electron chi connectivity index (χ1n) is 9.55. The van der Waals surface area contributed by atoms with Gasteiger partial charge in [-0.05, 0) is 57.0 Å². The Morgan fingerprint density at radius 1 is 1.00 bits per heavy atom. The van der Waals surface area contributed by atoms with Crippen LogP contribution >= 0.6 is 0 Å². The molecule has 2 saturated carbocycles. The molecule has 0 radical (unpaired) electrons. The van der Waals surface area contributed by atoms with Gasteiger partial charge in [-0.2, -0.15) is 0 Å². The van der Waals surface area contributed by atoms with E-state index in [9.17, 15) is 0 Å². The van der Waals surface area contributed by atoms with Crippen molar-refractivity contribution in [2.45, 2.75) is 84.2 Å². The second-order valence-corrected chi connectivity index (χ2v) is 7.97. The van der Waals surface area contributed by atoms with Crippen LogP contribution in [0.4, 0.5) is 0 Å². The van der Waals surface area contributed by atoms with Gasteiger partial charge in [-0.15, -0.1) is 0 Å². The number of rotatable bonds is 5. The van der Waals surface area contributed by atoms with Crippen LogP contribution in [0.5, 0.6) is 0 Å². The van der Waals surface area contributed by atoms with E-state index in [0.717, 1.165) is 36.4 Å². The highest BCUT2D eigenvalue weighted by Gasteiger charge is 2.34. The van der Waals surface area contributed by atoms with Crippen molar-refractivity contribution in [2.75, 3.05) is 20.1 Å². The molecule has 4 atom stereocenters. The Morgan fingerprint density at radius 2 is 1.67 bits per heavy atom. The van der Waals surface area contributed by atoms with Crippen molar-refractivity contribution in [1.82, 2.24) is 10.2 Å². The Hall–Kier alpha value is -0.0800. The summed E-state index contributed by atoms with van der Waals surface area (Å²) in [6.45, 7) is 9.61. The Bertz CT molecular complexity index is 283. The third kappa shape index (κ3) is 4.96. The average Bonchev–Trinajstić information content (AvgIpc) is 2.71. The average molecular weight is 295 g/mol. The van der Waals surface area contributed by atoms with Crippen LogP contribution in [0.3, 0.4) is 0 Å². The van der Waals surface area contributed by atoms with Gasteiger partial charge >= 0.3 is 0 Å². The lowest BCUT2D eigenvalue weighted by molar-refractivity contribution is 0.0906. The fourth-order valence-electron chi connectivity index (χ4n) is 4.89. The van der Waals surface area contributed by atoms with Crippen molar-refractivity contribution in [3.63, 3.8) is 0 Å². The molecule has 0 aliphatic heterocycles. The van der Waals surface area contributed by atoms with Gasteiger partial charge in [0.25, 0.3) is 0 Å². The van der Waals surface area contributed by atoms with Gasteiger partial charge in [-0.1, -0.05) is 46.5 Å². The van der Waals surface area contributed by atoms with E-state index in [4.69, 9.17) is 0 Å². The van der Waals surface area contributed by atoms with Gasteiger partial charge in [-0.3, -0.25) is 0 Å². The van der Waals surface area contributed by atoms with Crippen molar-refractivity contribution >= 4 is 0 Å². The van der Waals surface area contributed by atoms with Crippen molar-refractivity contribution in [1.29, 1.82) is 0 Å². The summed E-state index contributed by atoms with van der Waals surface area (Å²) in [4.78, 5) is 2.72. The number of hydrogen-bond donors (Lipinski definition) is 1. The van der Waals surface area contributed by atoms with E-state index in [0.29, 0.717) is 0 Å². The second-order valence-electron chi connectivity index (χ2n) is 7.97. The fourth-order valence-corrected chi connectivity index (χ4v) is 4.89. The third-order valence-corrected chi connectivity index (χ3v) is 6.09. The lowest BCUT2D eigenvalue weighted by Crippen LogP contribution is -2.49. The van der Waals surface area contributed by atoms with Crippen molar-refractivity contribution in [2.24, 2.45) is 17.8 Å². The minimum absolute atomic E-state index is 0.738. The number of hydrogen-bond acceptors (Lipinski definition) is 2. The smallest absolute Gasteiger partial charge is 0.0112 e. The van der Waals surface area contributed by atoms with Gasteiger partial charge in [0.1, 0.15) is 0 Å². The van der Waals surface area contributed by atoms with Crippen LogP contribution in [-0.4, -0.2) is 37.1 Å². The molecule has 2 nitrogen and oxygen atoms in total. The topological polar surface area (TPSA) is 15.3 Å². The largest absolute Gasteiger partial charge is 0.314 e. The number of nitrogens with zero attached hydrogens (tertiary/aromatic N) is 1. The van der Waals surface area contributed by atoms with Gasteiger partial charge in [0, 0.05) is 18.6 Å². The number of nitrogens with one attached hydrogen (secondary N) is 1. The summed E-state index contributed by atoms with van der Waals surface area (Å²) < 4.78 is 0. The molecule has 2 aliphatic rings. The van der Waals surface area contributed by atoms with E-state index < -0.39 is 0 Å². The Morgan fingerprint density at radius 3 is 2.29 bits per heavy atom. The lowest BCUT2D eigenvalue weighted by Gasteiger charge is -2.43. The first-order valence-corrected chi connectivity index (χ1v) is 9.55. The highest BCUT2D eigenvalue weighted by molar-refractivity contribution is 4.90. The van der Waals surface area contributed by atoms with Gasteiger partial charge in [-0.25, -0.2) is 0 Å². The predicted octanol–water partition coefficient (Wildman–Crippen LogP) is 4.30. The quantitative estimate of drug-likeness (QED) is 0.760. The Labute approximate surface area is 133 Å². The standard InChI is InChI=1S/C19H38N2/c1-5-20-19-13-15(2)12-16(3)18(19)14-21(4)17-10-8-6-7-9-11-17/h15-20H,5-14H2,1-4H3. The molecule has 21 heavy (non-hydrogen) atoms. The van der Waals surface area contributed by atoms with Gasteiger partial charge in [0.05, 0.1) is 0 Å². The molecule has 2 aliphatic carbocycles. The van der Waals surface area contributed by atoms with Crippen LogP contribution < -0.4 is 5.32 Å². The molecule has 2 fully saturated rings.